The molecule has 0 bridgehead atoms. The number of hydrogen-bond acceptors (Lipinski definition) is 5. The minimum atomic E-state index is -0.570. The maximum absolute atomic E-state index is 12.1. The van der Waals surface area contributed by atoms with Gasteiger partial charge >= 0.3 is 0 Å². The van der Waals surface area contributed by atoms with Crippen LogP contribution < -0.4 is 14.8 Å². The topological polar surface area (TPSA) is 69.7 Å². The zero-order chi connectivity index (χ0) is 17.4. The van der Waals surface area contributed by atoms with E-state index < -0.39 is 6.10 Å². The quantitative estimate of drug-likeness (QED) is 0.804. The lowest BCUT2D eigenvalue weighted by Crippen LogP contribution is -2.34. The molecule has 1 atom stereocenters. The first kappa shape index (κ1) is 17.7. The summed E-state index contributed by atoms with van der Waals surface area (Å²) in [7, 11) is 3.16. The van der Waals surface area contributed by atoms with E-state index in [0.717, 1.165) is 16.9 Å². The predicted octanol–water partition coefficient (Wildman–Crippen LogP) is 2.32. The molecule has 1 amide bonds. The number of rotatable bonds is 8. The second-order valence-electron chi connectivity index (χ2n) is 5.19. The first-order valence-corrected chi connectivity index (χ1v) is 7.64. The fourth-order valence-electron chi connectivity index (χ4n) is 2.13. The standard InChI is InChI=1S/C18H22N2O4/c1-13(24-12-14-6-4-8-16(10-14)22-2)17(21)20-11-15-7-5-9-19-18(15)23-3/h4-10,13H,11-12H2,1-3H3,(H,20,21)/t13-/m1/s1. The van der Waals surface area contributed by atoms with E-state index in [-0.39, 0.29) is 5.91 Å². The van der Waals surface area contributed by atoms with E-state index in [1.807, 2.05) is 30.3 Å². The van der Waals surface area contributed by atoms with Crippen LogP contribution in [0.25, 0.3) is 0 Å². The highest BCUT2D eigenvalue weighted by Gasteiger charge is 2.14. The molecule has 128 valence electrons. The summed E-state index contributed by atoms with van der Waals surface area (Å²) in [6.45, 7) is 2.39. The first-order valence-electron chi connectivity index (χ1n) is 7.64. The highest BCUT2D eigenvalue weighted by atomic mass is 16.5. The molecule has 2 rings (SSSR count). The van der Waals surface area contributed by atoms with E-state index in [4.69, 9.17) is 14.2 Å². The molecule has 1 N–H and O–H groups in total. The van der Waals surface area contributed by atoms with E-state index in [1.165, 1.54) is 0 Å². The number of benzene rings is 1. The summed E-state index contributed by atoms with van der Waals surface area (Å²) in [5.74, 6) is 1.07. The van der Waals surface area contributed by atoms with Crippen molar-refractivity contribution in [2.75, 3.05) is 14.2 Å². The zero-order valence-electron chi connectivity index (χ0n) is 14.1. The first-order chi connectivity index (χ1) is 11.6. The second kappa shape index (κ2) is 8.88. The van der Waals surface area contributed by atoms with Crippen molar-refractivity contribution >= 4 is 5.91 Å². The summed E-state index contributed by atoms with van der Waals surface area (Å²) in [6, 6.07) is 11.2. The fraction of sp³-hybridized carbons (Fsp3) is 0.333. The van der Waals surface area contributed by atoms with E-state index >= 15 is 0 Å². The number of carbonyl (C=O) groups excluding carboxylic acids is 1. The maximum atomic E-state index is 12.1. The summed E-state index contributed by atoms with van der Waals surface area (Å²) in [4.78, 5) is 16.2. The lowest BCUT2D eigenvalue weighted by Gasteiger charge is -2.14. The Hall–Kier alpha value is -2.60. The Kier molecular flexibility index (Phi) is 6.57. The number of nitrogens with zero attached hydrogens (tertiary/aromatic N) is 1. The Morgan fingerprint density at radius 3 is 2.79 bits per heavy atom. The average Bonchev–Trinajstić information content (AvgIpc) is 2.64. The van der Waals surface area contributed by atoms with Gasteiger partial charge in [0, 0.05) is 18.3 Å². The van der Waals surface area contributed by atoms with Gasteiger partial charge in [-0.25, -0.2) is 4.98 Å². The molecule has 1 aromatic heterocycles. The summed E-state index contributed by atoms with van der Waals surface area (Å²) in [6.07, 6.45) is 1.07. The van der Waals surface area contributed by atoms with Crippen LogP contribution in [0.5, 0.6) is 11.6 Å². The molecule has 2 aromatic rings. The van der Waals surface area contributed by atoms with Crippen LogP contribution in [0, 0.1) is 0 Å². The van der Waals surface area contributed by atoms with Gasteiger partial charge in [-0.2, -0.15) is 0 Å². The van der Waals surface area contributed by atoms with Crippen molar-refractivity contribution in [1.82, 2.24) is 10.3 Å². The highest BCUT2D eigenvalue weighted by molar-refractivity contribution is 5.80. The van der Waals surface area contributed by atoms with E-state index in [9.17, 15) is 4.79 Å². The lowest BCUT2D eigenvalue weighted by atomic mass is 10.2. The molecule has 0 fully saturated rings. The molecule has 0 aliphatic rings. The van der Waals surface area contributed by atoms with Crippen molar-refractivity contribution in [1.29, 1.82) is 0 Å². The normalized spacial score (nSPS) is 11.6. The Balaban J connectivity index is 1.83. The van der Waals surface area contributed by atoms with Crippen LogP contribution in [-0.2, 0) is 22.7 Å². The number of pyridine rings is 1. The van der Waals surface area contributed by atoms with Gasteiger partial charge in [0.15, 0.2) is 0 Å². The van der Waals surface area contributed by atoms with Crippen molar-refractivity contribution < 1.29 is 19.0 Å². The molecular weight excluding hydrogens is 308 g/mol. The number of aromatic nitrogens is 1. The summed E-state index contributed by atoms with van der Waals surface area (Å²) in [5.41, 5.74) is 1.76. The molecule has 0 saturated heterocycles. The Morgan fingerprint density at radius 2 is 2.04 bits per heavy atom. The van der Waals surface area contributed by atoms with Gasteiger partial charge in [0.2, 0.25) is 11.8 Å². The van der Waals surface area contributed by atoms with Crippen LogP contribution in [-0.4, -0.2) is 31.2 Å². The SMILES string of the molecule is COc1cccc(CO[C@H](C)C(=O)NCc2cccnc2OC)c1. The van der Waals surface area contributed by atoms with E-state index in [1.54, 1.807) is 33.4 Å². The highest BCUT2D eigenvalue weighted by Crippen LogP contribution is 2.15. The van der Waals surface area contributed by atoms with Crippen LogP contribution in [0.4, 0.5) is 0 Å². The Labute approximate surface area is 141 Å². The molecule has 0 spiro atoms. The van der Waals surface area contributed by atoms with Crippen molar-refractivity contribution in [3.05, 3.63) is 53.7 Å². The zero-order valence-corrected chi connectivity index (χ0v) is 14.1. The van der Waals surface area contributed by atoms with Crippen LogP contribution in [0.1, 0.15) is 18.1 Å². The van der Waals surface area contributed by atoms with Crippen LogP contribution in [0.2, 0.25) is 0 Å². The summed E-state index contributed by atoms with van der Waals surface area (Å²) >= 11 is 0. The minimum Gasteiger partial charge on any atom is -0.497 e. The lowest BCUT2D eigenvalue weighted by molar-refractivity contribution is -0.132. The molecule has 0 aliphatic carbocycles. The Bertz CT molecular complexity index is 676. The van der Waals surface area contributed by atoms with Gasteiger partial charge in [-0.05, 0) is 30.7 Å². The third-order valence-corrected chi connectivity index (χ3v) is 3.50. The maximum Gasteiger partial charge on any atom is 0.249 e. The number of ether oxygens (including phenoxy) is 3. The third-order valence-electron chi connectivity index (χ3n) is 3.50. The van der Waals surface area contributed by atoms with Crippen molar-refractivity contribution in [2.24, 2.45) is 0 Å². The van der Waals surface area contributed by atoms with Crippen LogP contribution in [0.15, 0.2) is 42.6 Å². The monoisotopic (exact) mass is 330 g/mol. The summed E-state index contributed by atoms with van der Waals surface area (Å²) in [5, 5.41) is 2.82. The predicted molar refractivity (Wildman–Crippen MR) is 89.9 cm³/mol. The van der Waals surface area contributed by atoms with Crippen molar-refractivity contribution in [3.63, 3.8) is 0 Å². The molecule has 0 unspecified atom stereocenters. The minimum absolute atomic E-state index is 0.191. The molecular formula is C18H22N2O4. The van der Waals surface area contributed by atoms with Crippen molar-refractivity contribution in [2.45, 2.75) is 26.2 Å². The van der Waals surface area contributed by atoms with E-state index in [2.05, 4.69) is 10.3 Å². The van der Waals surface area contributed by atoms with Gasteiger partial charge in [0.05, 0.1) is 20.8 Å². The number of nitrogens with one attached hydrogen (secondary N) is 1. The molecule has 0 saturated carbocycles. The Morgan fingerprint density at radius 1 is 1.21 bits per heavy atom. The smallest absolute Gasteiger partial charge is 0.249 e. The molecule has 0 radical (unpaired) electrons. The number of methoxy groups -OCH3 is 2. The summed E-state index contributed by atoms with van der Waals surface area (Å²) < 4.78 is 15.9. The van der Waals surface area contributed by atoms with Gasteiger partial charge in [0.25, 0.3) is 0 Å². The average molecular weight is 330 g/mol. The van der Waals surface area contributed by atoms with Crippen LogP contribution >= 0.6 is 0 Å². The fourth-order valence-corrected chi connectivity index (χ4v) is 2.13. The molecule has 6 heteroatoms. The van der Waals surface area contributed by atoms with Gasteiger partial charge in [-0.1, -0.05) is 18.2 Å². The number of amides is 1. The van der Waals surface area contributed by atoms with Gasteiger partial charge in [-0.15, -0.1) is 0 Å². The second-order valence-corrected chi connectivity index (χ2v) is 5.19. The number of carbonyl (C=O) groups is 1. The van der Waals surface area contributed by atoms with E-state index in [0.29, 0.717) is 19.0 Å². The molecule has 1 heterocycles. The third kappa shape index (κ3) is 4.96. The molecule has 0 aliphatic heterocycles. The molecule has 6 nitrogen and oxygen atoms in total. The largest absolute Gasteiger partial charge is 0.497 e. The molecule has 1 aromatic carbocycles. The van der Waals surface area contributed by atoms with Crippen LogP contribution in [0.3, 0.4) is 0 Å². The van der Waals surface area contributed by atoms with Gasteiger partial charge in [-0.3, -0.25) is 4.79 Å². The number of hydrogen-bond donors (Lipinski definition) is 1. The van der Waals surface area contributed by atoms with Gasteiger partial charge < -0.3 is 19.5 Å². The van der Waals surface area contributed by atoms with Crippen molar-refractivity contribution in [3.8, 4) is 11.6 Å². The molecule has 24 heavy (non-hydrogen) atoms. The van der Waals surface area contributed by atoms with Gasteiger partial charge in [0.1, 0.15) is 11.9 Å².